The van der Waals surface area contributed by atoms with Crippen LogP contribution in [-0.4, -0.2) is 41.8 Å². The number of amides is 1. The Labute approximate surface area is 116 Å². The fourth-order valence-electron chi connectivity index (χ4n) is 1.96. The van der Waals surface area contributed by atoms with Crippen LogP contribution in [0.5, 0.6) is 0 Å². The van der Waals surface area contributed by atoms with Crippen LogP contribution < -0.4 is 0 Å². The molecule has 0 aliphatic rings. The van der Waals surface area contributed by atoms with Crippen LogP contribution in [-0.2, 0) is 10.2 Å². The van der Waals surface area contributed by atoms with Crippen molar-refractivity contribution < 1.29 is 23.1 Å². The van der Waals surface area contributed by atoms with Crippen molar-refractivity contribution in [2.24, 2.45) is 0 Å². The molecule has 0 saturated carbocycles. The summed E-state index contributed by atoms with van der Waals surface area (Å²) in [4.78, 5) is 13.0. The molecular formula is C14H18F3NO2. The van der Waals surface area contributed by atoms with Crippen molar-refractivity contribution >= 4 is 5.91 Å². The van der Waals surface area contributed by atoms with E-state index in [-0.39, 0.29) is 6.54 Å². The molecule has 1 N–H and O–H groups in total. The number of rotatable bonds is 5. The summed E-state index contributed by atoms with van der Waals surface area (Å²) < 4.78 is 37.5. The predicted molar refractivity (Wildman–Crippen MR) is 69.2 cm³/mol. The maximum Gasteiger partial charge on any atom is 0.406 e. The Bertz CT molecular complexity index is 443. The number of hydrogen-bond acceptors (Lipinski definition) is 2. The van der Waals surface area contributed by atoms with E-state index in [4.69, 9.17) is 5.11 Å². The lowest BCUT2D eigenvalue weighted by Gasteiger charge is -2.32. The van der Waals surface area contributed by atoms with E-state index in [0.717, 1.165) is 0 Å². The molecule has 0 saturated heterocycles. The summed E-state index contributed by atoms with van der Waals surface area (Å²) in [6, 6.07) is 8.62. The summed E-state index contributed by atoms with van der Waals surface area (Å²) >= 11 is 0. The van der Waals surface area contributed by atoms with E-state index in [1.165, 1.54) is 0 Å². The molecule has 20 heavy (non-hydrogen) atoms. The molecule has 1 aromatic carbocycles. The molecule has 0 unspecified atom stereocenters. The van der Waals surface area contributed by atoms with Crippen LogP contribution in [0, 0.1) is 0 Å². The van der Waals surface area contributed by atoms with Crippen molar-refractivity contribution in [2.45, 2.75) is 25.4 Å². The zero-order valence-electron chi connectivity index (χ0n) is 11.4. The number of carbonyl (C=O) groups excluding carboxylic acids is 1. The molecule has 0 aromatic heterocycles. The molecular weight excluding hydrogens is 271 g/mol. The van der Waals surface area contributed by atoms with Gasteiger partial charge in [-0.15, -0.1) is 0 Å². The van der Waals surface area contributed by atoms with Crippen molar-refractivity contribution in [3.05, 3.63) is 35.9 Å². The summed E-state index contributed by atoms with van der Waals surface area (Å²) in [5, 5.41) is 8.86. The van der Waals surface area contributed by atoms with Crippen molar-refractivity contribution in [1.29, 1.82) is 0 Å². The Morgan fingerprint density at radius 1 is 1.20 bits per heavy atom. The summed E-state index contributed by atoms with van der Waals surface area (Å²) in [5.74, 6) is -0.657. The largest absolute Gasteiger partial charge is 0.406 e. The van der Waals surface area contributed by atoms with Gasteiger partial charge in [0.05, 0.1) is 12.0 Å². The highest BCUT2D eigenvalue weighted by atomic mass is 19.4. The first-order valence-electron chi connectivity index (χ1n) is 6.21. The zero-order valence-corrected chi connectivity index (χ0v) is 11.4. The Balaban J connectivity index is 2.99. The molecule has 0 bridgehead atoms. The van der Waals surface area contributed by atoms with Crippen LogP contribution in [0.15, 0.2) is 30.3 Å². The summed E-state index contributed by atoms with van der Waals surface area (Å²) in [5.41, 5.74) is -0.447. The van der Waals surface area contributed by atoms with Crippen LogP contribution >= 0.6 is 0 Å². The second-order valence-corrected chi connectivity index (χ2v) is 5.06. The van der Waals surface area contributed by atoms with Crippen molar-refractivity contribution in [3.8, 4) is 0 Å². The highest BCUT2D eigenvalue weighted by Crippen LogP contribution is 2.27. The lowest BCUT2D eigenvalue weighted by molar-refractivity contribution is -0.165. The minimum Gasteiger partial charge on any atom is -0.395 e. The number of carbonyl (C=O) groups is 1. The van der Waals surface area contributed by atoms with E-state index in [2.05, 4.69) is 0 Å². The molecule has 0 spiro atoms. The van der Waals surface area contributed by atoms with Crippen LogP contribution in [0.4, 0.5) is 13.2 Å². The molecule has 0 atom stereocenters. The predicted octanol–water partition coefficient (Wildman–Crippen LogP) is 2.35. The topological polar surface area (TPSA) is 40.5 Å². The van der Waals surface area contributed by atoms with E-state index in [9.17, 15) is 18.0 Å². The number of alkyl halides is 3. The molecule has 1 amide bonds. The Morgan fingerprint density at radius 3 is 2.20 bits per heavy atom. The van der Waals surface area contributed by atoms with Gasteiger partial charge in [-0.25, -0.2) is 0 Å². The minimum absolute atomic E-state index is 0.339. The first-order chi connectivity index (χ1) is 9.18. The number of benzene rings is 1. The smallest absolute Gasteiger partial charge is 0.395 e. The number of aliphatic hydroxyl groups excluding tert-OH is 1. The molecule has 0 aliphatic heterocycles. The van der Waals surface area contributed by atoms with Crippen LogP contribution in [0.25, 0.3) is 0 Å². The van der Waals surface area contributed by atoms with Gasteiger partial charge in [-0.3, -0.25) is 4.79 Å². The quantitative estimate of drug-likeness (QED) is 0.904. The highest BCUT2D eigenvalue weighted by molar-refractivity contribution is 5.87. The van der Waals surface area contributed by atoms with Gasteiger partial charge >= 0.3 is 6.18 Å². The Hall–Kier alpha value is -1.56. The number of aliphatic hydroxyl groups is 1. The van der Waals surface area contributed by atoms with Crippen LogP contribution in [0.2, 0.25) is 0 Å². The van der Waals surface area contributed by atoms with Gasteiger partial charge in [0.2, 0.25) is 5.91 Å². The summed E-state index contributed by atoms with van der Waals surface area (Å²) in [6.45, 7) is 0.945. The zero-order chi connectivity index (χ0) is 15.4. The van der Waals surface area contributed by atoms with Crippen LogP contribution in [0.1, 0.15) is 19.4 Å². The average molecular weight is 289 g/mol. The van der Waals surface area contributed by atoms with E-state index < -0.39 is 30.7 Å². The molecule has 6 heteroatoms. The SMILES string of the molecule is CC(C)(C(=O)N(CCO)CC(F)(F)F)c1ccccc1. The van der Waals surface area contributed by atoms with Gasteiger partial charge in [-0.1, -0.05) is 30.3 Å². The third-order valence-electron chi connectivity index (χ3n) is 3.06. The van der Waals surface area contributed by atoms with Gasteiger partial charge in [-0.2, -0.15) is 13.2 Å². The first-order valence-corrected chi connectivity index (χ1v) is 6.21. The van der Waals surface area contributed by atoms with Gasteiger partial charge in [-0.05, 0) is 19.4 Å². The van der Waals surface area contributed by atoms with Crippen molar-refractivity contribution in [1.82, 2.24) is 4.90 Å². The van der Waals surface area contributed by atoms with Gasteiger partial charge in [0.15, 0.2) is 0 Å². The van der Waals surface area contributed by atoms with Gasteiger partial charge in [0.25, 0.3) is 0 Å². The number of nitrogens with zero attached hydrogens (tertiary/aromatic N) is 1. The average Bonchev–Trinajstić information content (AvgIpc) is 2.37. The fraction of sp³-hybridized carbons (Fsp3) is 0.500. The lowest BCUT2D eigenvalue weighted by Crippen LogP contribution is -2.48. The Kier molecular flexibility index (Phi) is 5.16. The van der Waals surface area contributed by atoms with E-state index >= 15 is 0 Å². The fourth-order valence-corrected chi connectivity index (χ4v) is 1.96. The maximum absolute atomic E-state index is 12.5. The standard InChI is InChI=1S/C14H18F3NO2/c1-13(2,11-6-4-3-5-7-11)12(20)18(8-9-19)10-14(15,16)17/h3-7,19H,8-10H2,1-2H3. The normalized spacial score (nSPS) is 12.3. The van der Waals surface area contributed by atoms with Crippen molar-refractivity contribution in [2.75, 3.05) is 19.7 Å². The molecule has 112 valence electrons. The van der Waals surface area contributed by atoms with Gasteiger partial charge < -0.3 is 10.0 Å². The van der Waals surface area contributed by atoms with Crippen LogP contribution in [0.3, 0.4) is 0 Å². The van der Waals surface area contributed by atoms with E-state index in [0.29, 0.717) is 10.5 Å². The third kappa shape index (κ3) is 4.23. The lowest BCUT2D eigenvalue weighted by atomic mass is 9.83. The number of hydrogen-bond donors (Lipinski definition) is 1. The molecule has 0 aliphatic carbocycles. The van der Waals surface area contributed by atoms with E-state index in [1.54, 1.807) is 44.2 Å². The van der Waals surface area contributed by atoms with E-state index in [1.807, 2.05) is 0 Å². The maximum atomic E-state index is 12.5. The highest BCUT2D eigenvalue weighted by Gasteiger charge is 2.39. The third-order valence-corrected chi connectivity index (χ3v) is 3.06. The first kappa shape index (κ1) is 16.5. The molecule has 0 fully saturated rings. The molecule has 0 radical (unpaired) electrons. The molecule has 1 aromatic rings. The molecule has 0 heterocycles. The molecule has 1 rings (SSSR count). The Morgan fingerprint density at radius 2 is 1.75 bits per heavy atom. The molecule has 3 nitrogen and oxygen atoms in total. The van der Waals surface area contributed by atoms with Gasteiger partial charge in [0.1, 0.15) is 6.54 Å². The minimum atomic E-state index is -4.49. The number of halogens is 3. The second-order valence-electron chi connectivity index (χ2n) is 5.06. The van der Waals surface area contributed by atoms with Gasteiger partial charge in [0, 0.05) is 6.54 Å². The summed E-state index contributed by atoms with van der Waals surface area (Å²) in [7, 11) is 0. The second kappa shape index (κ2) is 6.26. The monoisotopic (exact) mass is 289 g/mol. The van der Waals surface area contributed by atoms with Crippen molar-refractivity contribution in [3.63, 3.8) is 0 Å². The summed E-state index contributed by atoms with van der Waals surface area (Å²) in [6.07, 6.45) is -4.49.